The molecule has 132 valence electrons. The van der Waals surface area contributed by atoms with Gasteiger partial charge in [-0.2, -0.15) is 14.7 Å². The molecule has 0 radical (unpaired) electrons. The van der Waals surface area contributed by atoms with Gasteiger partial charge in [-0.25, -0.2) is 8.42 Å². The number of nitrogens with zero attached hydrogens (tertiary/aromatic N) is 5. The predicted octanol–water partition coefficient (Wildman–Crippen LogP) is 1.87. The molecule has 0 atom stereocenters. The van der Waals surface area contributed by atoms with Crippen molar-refractivity contribution in [1.82, 2.24) is 19.1 Å². The fourth-order valence-electron chi connectivity index (χ4n) is 3.31. The average Bonchev–Trinajstić information content (AvgIpc) is 2.94. The van der Waals surface area contributed by atoms with E-state index >= 15 is 0 Å². The Balaban J connectivity index is 1.76. The van der Waals surface area contributed by atoms with Crippen LogP contribution in [0.4, 0.5) is 0 Å². The molecule has 1 fully saturated rings. The zero-order valence-electron chi connectivity index (χ0n) is 14.6. The molecule has 2 aromatic rings. The minimum atomic E-state index is -3.51. The summed E-state index contributed by atoms with van der Waals surface area (Å²) in [5, 5.41) is 13.0. The minimum Gasteiger partial charge on any atom is -0.272 e. The van der Waals surface area contributed by atoms with Crippen LogP contribution in [0.25, 0.3) is 0 Å². The Kier molecular flexibility index (Phi) is 4.62. The number of hydrogen-bond donors (Lipinski definition) is 0. The summed E-state index contributed by atoms with van der Waals surface area (Å²) in [7, 11) is -1.78. The van der Waals surface area contributed by atoms with Gasteiger partial charge in [-0.15, -0.1) is 0 Å². The SMILES string of the molecule is Cc1cc(C#N)cnc1C1CCN(S(=O)(=O)c2cnn(C)c2C)CC1. The van der Waals surface area contributed by atoms with Crippen molar-refractivity contribution in [2.24, 2.45) is 7.05 Å². The molecule has 0 aromatic carbocycles. The summed E-state index contributed by atoms with van der Waals surface area (Å²) in [6.45, 7) is 4.63. The molecule has 3 rings (SSSR count). The Morgan fingerprint density at radius 3 is 2.44 bits per heavy atom. The quantitative estimate of drug-likeness (QED) is 0.834. The second kappa shape index (κ2) is 6.58. The number of sulfonamides is 1. The van der Waals surface area contributed by atoms with Gasteiger partial charge in [0, 0.05) is 37.9 Å². The third-order valence-corrected chi connectivity index (χ3v) is 6.90. The summed E-state index contributed by atoms with van der Waals surface area (Å²) in [6, 6.07) is 3.93. The van der Waals surface area contributed by atoms with Crippen LogP contribution in [-0.2, 0) is 17.1 Å². The Morgan fingerprint density at radius 1 is 1.24 bits per heavy atom. The predicted molar refractivity (Wildman–Crippen MR) is 92.4 cm³/mol. The van der Waals surface area contributed by atoms with Gasteiger partial charge in [-0.3, -0.25) is 9.67 Å². The third-order valence-electron chi connectivity index (χ3n) is 4.90. The van der Waals surface area contributed by atoms with Crippen LogP contribution in [0.5, 0.6) is 0 Å². The van der Waals surface area contributed by atoms with E-state index in [9.17, 15) is 8.42 Å². The number of nitriles is 1. The number of aryl methyl sites for hydroxylation is 2. The smallest absolute Gasteiger partial charge is 0.246 e. The number of hydrogen-bond acceptors (Lipinski definition) is 5. The molecule has 7 nitrogen and oxygen atoms in total. The molecule has 0 saturated carbocycles. The number of aromatic nitrogens is 3. The lowest BCUT2D eigenvalue weighted by atomic mass is 9.91. The number of pyridine rings is 1. The van der Waals surface area contributed by atoms with E-state index in [1.807, 2.05) is 13.0 Å². The Morgan fingerprint density at radius 2 is 1.92 bits per heavy atom. The van der Waals surface area contributed by atoms with Crippen molar-refractivity contribution in [2.45, 2.75) is 37.5 Å². The van der Waals surface area contributed by atoms with Gasteiger partial charge in [-0.05, 0) is 38.3 Å². The van der Waals surface area contributed by atoms with Crippen LogP contribution in [0.2, 0.25) is 0 Å². The minimum absolute atomic E-state index is 0.217. The van der Waals surface area contributed by atoms with E-state index in [2.05, 4.69) is 16.2 Å². The molecule has 0 unspecified atom stereocenters. The van der Waals surface area contributed by atoms with Crippen LogP contribution in [0.3, 0.4) is 0 Å². The van der Waals surface area contributed by atoms with Crippen molar-refractivity contribution >= 4 is 10.0 Å². The molecule has 3 heterocycles. The first kappa shape index (κ1) is 17.6. The Bertz CT molecular complexity index is 934. The molecule has 0 amide bonds. The molecule has 0 N–H and O–H groups in total. The average molecular weight is 359 g/mol. The summed E-state index contributed by atoms with van der Waals surface area (Å²) in [4.78, 5) is 4.71. The highest BCUT2D eigenvalue weighted by Gasteiger charge is 2.32. The first-order valence-electron chi connectivity index (χ1n) is 8.20. The first-order chi connectivity index (χ1) is 11.8. The molecule has 1 aliphatic heterocycles. The first-order valence-corrected chi connectivity index (χ1v) is 9.64. The van der Waals surface area contributed by atoms with Gasteiger partial charge in [0.2, 0.25) is 10.0 Å². The zero-order valence-corrected chi connectivity index (χ0v) is 15.4. The molecular weight excluding hydrogens is 338 g/mol. The van der Waals surface area contributed by atoms with Crippen LogP contribution >= 0.6 is 0 Å². The highest BCUT2D eigenvalue weighted by molar-refractivity contribution is 7.89. The molecule has 1 saturated heterocycles. The lowest BCUT2D eigenvalue weighted by molar-refractivity contribution is 0.316. The summed E-state index contributed by atoms with van der Waals surface area (Å²) < 4.78 is 28.8. The Labute approximate surface area is 148 Å². The van der Waals surface area contributed by atoms with Crippen LogP contribution in [-0.4, -0.2) is 40.6 Å². The van der Waals surface area contributed by atoms with Crippen molar-refractivity contribution in [3.63, 3.8) is 0 Å². The van der Waals surface area contributed by atoms with Crippen LogP contribution < -0.4 is 0 Å². The normalized spacial score (nSPS) is 16.7. The van der Waals surface area contributed by atoms with Gasteiger partial charge in [0.1, 0.15) is 11.0 Å². The number of piperidine rings is 1. The maximum Gasteiger partial charge on any atom is 0.246 e. The van der Waals surface area contributed by atoms with E-state index in [0.29, 0.717) is 24.3 Å². The zero-order chi connectivity index (χ0) is 18.2. The molecule has 8 heteroatoms. The molecule has 0 aliphatic carbocycles. The molecule has 2 aromatic heterocycles. The van der Waals surface area contributed by atoms with Crippen molar-refractivity contribution in [3.8, 4) is 6.07 Å². The number of rotatable bonds is 3. The molecular formula is C17H21N5O2S. The largest absolute Gasteiger partial charge is 0.272 e. The maximum absolute atomic E-state index is 12.8. The summed E-state index contributed by atoms with van der Waals surface area (Å²) >= 11 is 0. The molecule has 25 heavy (non-hydrogen) atoms. The highest BCUT2D eigenvalue weighted by atomic mass is 32.2. The van der Waals surface area contributed by atoms with Crippen molar-refractivity contribution in [2.75, 3.05) is 13.1 Å². The lowest BCUT2D eigenvalue weighted by Gasteiger charge is -2.31. The summed E-state index contributed by atoms with van der Waals surface area (Å²) in [5.41, 5.74) is 3.15. The topological polar surface area (TPSA) is 91.9 Å². The van der Waals surface area contributed by atoms with E-state index < -0.39 is 10.0 Å². The Hall–Kier alpha value is -2.24. The van der Waals surface area contributed by atoms with E-state index in [4.69, 9.17) is 5.26 Å². The fourth-order valence-corrected chi connectivity index (χ4v) is 4.97. The van der Waals surface area contributed by atoms with Crippen molar-refractivity contribution in [1.29, 1.82) is 5.26 Å². The lowest BCUT2D eigenvalue weighted by Crippen LogP contribution is -2.38. The van der Waals surface area contributed by atoms with E-state index in [1.54, 1.807) is 24.9 Å². The fraction of sp³-hybridized carbons (Fsp3) is 0.471. The third kappa shape index (κ3) is 3.17. The van der Waals surface area contributed by atoms with Gasteiger partial charge in [0.25, 0.3) is 0 Å². The summed E-state index contributed by atoms with van der Waals surface area (Å²) in [6.07, 6.45) is 4.45. The molecule has 0 bridgehead atoms. The van der Waals surface area contributed by atoms with Crippen LogP contribution in [0, 0.1) is 25.2 Å². The van der Waals surface area contributed by atoms with E-state index in [-0.39, 0.29) is 10.8 Å². The molecule has 0 spiro atoms. The maximum atomic E-state index is 12.8. The molecule has 1 aliphatic rings. The van der Waals surface area contributed by atoms with Crippen LogP contribution in [0.1, 0.15) is 41.3 Å². The van der Waals surface area contributed by atoms with Crippen molar-refractivity contribution < 1.29 is 8.42 Å². The standard InChI is InChI=1S/C17H21N5O2S/c1-12-8-14(9-18)10-19-17(12)15-4-6-22(7-5-15)25(23,24)16-11-20-21(3)13(16)2/h8,10-11,15H,4-7H2,1-3H3. The highest BCUT2D eigenvalue weighted by Crippen LogP contribution is 2.31. The monoisotopic (exact) mass is 359 g/mol. The van der Waals surface area contributed by atoms with Gasteiger partial charge in [-0.1, -0.05) is 0 Å². The van der Waals surface area contributed by atoms with E-state index in [1.165, 1.54) is 10.5 Å². The summed E-state index contributed by atoms with van der Waals surface area (Å²) in [5.74, 6) is 0.217. The van der Waals surface area contributed by atoms with Gasteiger partial charge in [0.15, 0.2) is 0 Å². The van der Waals surface area contributed by atoms with Crippen LogP contribution in [0.15, 0.2) is 23.4 Å². The second-order valence-corrected chi connectivity index (χ2v) is 8.34. The van der Waals surface area contributed by atoms with Gasteiger partial charge in [0.05, 0.1) is 17.5 Å². The van der Waals surface area contributed by atoms with E-state index in [0.717, 1.165) is 24.1 Å². The van der Waals surface area contributed by atoms with Gasteiger partial charge < -0.3 is 0 Å². The van der Waals surface area contributed by atoms with Crippen molar-refractivity contribution in [3.05, 3.63) is 41.0 Å². The second-order valence-electron chi connectivity index (χ2n) is 6.43. The van der Waals surface area contributed by atoms with Gasteiger partial charge >= 0.3 is 0 Å².